The first-order valence-corrected chi connectivity index (χ1v) is 9.81. The molecule has 19 heavy (non-hydrogen) atoms. The van der Waals surface area contributed by atoms with E-state index in [9.17, 15) is 16.8 Å². The smallest absolute Gasteiger partial charge is 0.261 e. The van der Waals surface area contributed by atoms with Gasteiger partial charge in [0.1, 0.15) is 4.90 Å². The van der Waals surface area contributed by atoms with Crippen LogP contribution in [0.1, 0.15) is 24.7 Å². The van der Waals surface area contributed by atoms with E-state index in [0.717, 1.165) is 0 Å². The third-order valence-corrected chi connectivity index (χ3v) is 6.89. The molecule has 2 heterocycles. The van der Waals surface area contributed by atoms with E-state index in [2.05, 4.69) is 5.10 Å². The van der Waals surface area contributed by atoms with Crippen LogP contribution in [0.2, 0.25) is 0 Å². The van der Waals surface area contributed by atoms with E-state index < -0.39 is 24.4 Å². The van der Waals surface area contributed by atoms with Crippen LogP contribution in [-0.2, 0) is 24.4 Å². The Morgan fingerprint density at radius 1 is 1.37 bits per heavy atom. The minimum Gasteiger partial charge on any atom is -0.261 e. The quantitative estimate of drug-likeness (QED) is 0.756. The second-order valence-electron chi connectivity index (χ2n) is 5.19. The summed E-state index contributed by atoms with van der Waals surface area (Å²) in [5.74, 6) is 0.0501. The standard InChI is InChI=1S/C10H15ClN2O4S2/c1-7-9(19(11,16)17)8(2)13(12-7)10(3)4-5-18(14,15)6-10/h4-6H2,1-3H3. The maximum absolute atomic E-state index is 11.6. The Balaban J connectivity index is 2.61. The number of rotatable bonds is 2. The van der Waals surface area contributed by atoms with Gasteiger partial charge in [-0.3, -0.25) is 4.68 Å². The number of aryl methyl sites for hydroxylation is 1. The highest BCUT2D eigenvalue weighted by atomic mass is 35.7. The molecule has 0 radical (unpaired) electrons. The third-order valence-electron chi connectivity index (χ3n) is 3.46. The van der Waals surface area contributed by atoms with Crippen molar-refractivity contribution in [3.8, 4) is 0 Å². The summed E-state index contributed by atoms with van der Waals surface area (Å²) in [6.45, 7) is 4.90. The molecule has 1 atom stereocenters. The van der Waals surface area contributed by atoms with Gasteiger partial charge in [-0.2, -0.15) is 5.10 Å². The van der Waals surface area contributed by atoms with Gasteiger partial charge in [-0.05, 0) is 27.2 Å². The zero-order valence-electron chi connectivity index (χ0n) is 10.8. The molecular weight excluding hydrogens is 312 g/mol. The topological polar surface area (TPSA) is 86.1 Å². The Hall–Kier alpha value is -0.600. The molecule has 1 aromatic heterocycles. The van der Waals surface area contributed by atoms with Gasteiger partial charge < -0.3 is 0 Å². The lowest BCUT2D eigenvalue weighted by Crippen LogP contribution is -2.33. The maximum Gasteiger partial charge on any atom is 0.264 e. The molecule has 0 aliphatic carbocycles. The van der Waals surface area contributed by atoms with Crippen LogP contribution < -0.4 is 0 Å². The average Bonchev–Trinajstić information content (AvgIpc) is 2.64. The number of sulfone groups is 1. The lowest BCUT2D eigenvalue weighted by atomic mass is 10.0. The van der Waals surface area contributed by atoms with Crippen LogP contribution in [0.25, 0.3) is 0 Å². The fraction of sp³-hybridized carbons (Fsp3) is 0.700. The van der Waals surface area contributed by atoms with Gasteiger partial charge in [-0.1, -0.05) is 0 Å². The van der Waals surface area contributed by atoms with Crippen molar-refractivity contribution in [3.63, 3.8) is 0 Å². The molecular formula is C10H15ClN2O4S2. The Morgan fingerprint density at radius 2 is 1.95 bits per heavy atom. The van der Waals surface area contributed by atoms with E-state index in [4.69, 9.17) is 10.7 Å². The zero-order valence-corrected chi connectivity index (χ0v) is 13.2. The summed E-state index contributed by atoms with van der Waals surface area (Å²) in [4.78, 5) is -0.0281. The molecule has 9 heteroatoms. The van der Waals surface area contributed by atoms with Crippen LogP contribution >= 0.6 is 10.7 Å². The molecule has 6 nitrogen and oxygen atoms in total. The highest BCUT2D eigenvalue weighted by Gasteiger charge is 2.42. The van der Waals surface area contributed by atoms with Crippen LogP contribution in [0.15, 0.2) is 4.90 Å². The van der Waals surface area contributed by atoms with Crippen LogP contribution in [0.3, 0.4) is 0 Å². The van der Waals surface area contributed by atoms with Crippen LogP contribution in [0.5, 0.6) is 0 Å². The Labute approximate surface area is 117 Å². The maximum atomic E-state index is 11.6. The van der Waals surface area contributed by atoms with Crippen molar-refractivity contribution >= 4 is 29.6 Å². The van der Waals surface area contributed by atoms with Crippen molar-refractivity contribution in [2.24, 2.45) is 0 Å². The van der Waals surface area contributed by atoms with Gasteiger partial charge in [-0.25, -0.2) is 16.8 Å². The molecule has 1 saturated heterocycles. The van der Waals surface area contributed by atoms with Crippen molar-refractivity contribution < 1.29 is 16.8 Å². The van der Waals surface area contributed by atoms with Crippen molar-refractivity contribution in [2.45, 2.75) is 37.6 Å². The molecule has 1 fully saturated rings. The van der Waals surface area contributed by atoms with Gasteiger partial charge in [-0.15, -0.1) is 0 Å². The molecule has 0 bridgehead atoms. The molecule has 1 aromatic rings. The first-order valence-electron chi connectivity index (χ1n) is 5.68. The minimum atomic E-state index is -3.89. The van der Waals surface area contributed by atoms with Crippen molar-refractivity contribution in [2.75, 3.05) is 11.5 Å². The van der Waals surface area contributed by atoms with E-state index in [0.29, 0.717) is 12.1 Å². The van der Waals surface area contributed by atoms with Crippen molar-refractivity contribution in [3.05, 3.63) is 11.4 Å². The van der Waals surface area contributed by atoms with Gasteiger partial charge in [0.25, 0.3) is 9.05 Å². The minimum absolute atomic E-state index is 0.0281. The summed E-state index contributed by atoms with van der Waals surface area (Å²) in [6.07, 6.45) is 0.416. The average molecular weight is 327 g/mol. The van der Waals surface area contributed by atoms with E-state index in [-0.39, 0.29) is 22.1 Å². The summed E-state index contributed by atoms with van der Waals surface area (Å²) in [5, 5.41) is 4.18. The summed E-state index contributed by atoms with van der Waals surface area (Å²) in [6, 6.07) is 0. The number of hydrogen-bond donors (Lipinski definition) is 0. The van der Waals surface area contributed by atoms with E-state index >= 15 is 0 Å². The third kappa shape index (κ3) is 2.53. The number of nitrogens with zero attached hydrogens (tertiary/aromatic N) is 2. The van der Waals surface area contributed by atoms with E-state index in [1.165, 1.54) is 4.68 Å². The zero-order chi connectivity index (χ0) is 14.6. The van der Waals surface area contributed by atoms with E-state index in [1.54, 1.807) is 20.8 Å². The molecule has 108 valence electrons. The van der Waals surface area contributed by atoms with Gasteiger partial charge in [0.05, 0.1) is 28.4 Å². The molecule has 0 N–H and O–H groups in total. The van der Waals surface area contributed by atoms with Crippen LogP contribution in [0, 0.1) is 13.8 Å². The first kappa shape index (κ1) is 14.8. The van der Waals surface area contributed by atoms with Crippen LogP contribution in [-0.4, -0.2) is 38.1 Å². The lowest BCUT2D eigenvalue weighted by Gasteiger charge is -2.24. The fourth-order valence-electron chi connectivity index (χ4n) is 2.67. The van der Waals surface area contributed by atoms with Gasteiger partial charge in [0.15, 0.2) is 9.84 Å². The molecule has 1 unspecified atom stereocenters. The normalized spacial score (nSPS) is 26.7. The largest absolute Gasteiger partial charge is 0.264 e. The van der Waals surface area contributed by atoms with Crippen molar-refractivity contribution in [1.29, 1.82) is 0 Å². The fourth-order valence-corrected chi connectivity index (χ4v) is 6.28. The molecule has 2 rings (SSSR count). The summed E-state index contributed by atoms with van der Waals surface area (Å²) >= 11 is 0. The highest BCUT2D eigenvalue weighted by molar-refractivity contribution is 8.13. The van der Waals surface area contributed by atoms with Gasteiger partial charge in [0, 0.05) is 10.7 Å². The number of aromatic nitrogens is 2. The second-order valence-corrected chi connectivity index (χ2v) is 9.88. The highest BCUT2D eigenvalue weighted by Crippen LogP contribution is 2.34. The first-order chi connectivity index (χ1) is 8.46. The molecule has 0 saturated carbocycles. The SMILES string of the molecule is Cc1nn(C2(C)CCS(=O)(=O)C2)c(C)c1S(=O)(=O)Cl. The summed E-state index contributed by atoms with van der Waals surface area (Å²) < 4.78 is 47.8. The Morgan fingerprint density at radius 3 is 2.32 bits per heavy atom. The Bertz CT molecular complexity index is 736. The molecule has 0 aromatic carbocycles. The van der Waals surface area contributed by atoms with Gasteiger partial charge >= 0.3 is 0 Å². The second kappa shape index (κ2) is 4.20. The summed E-state index contributed by atoms with van der Waals surface area (Å²) in [7, 11) is -1.60. The Kier molecular flexibility index (Phi) is 3.27. The molecule has 1 aliphatic heterocycles. The predicted molar refractivity (Wildman–Crippen MR) is 71.7 cm³/mol. The monoisotopic (exact) mass is 326 g/mol. The summed E-state index contributed by atoms with van der Waals surface area (Å²) in [5.41, 5.74) is -0.0434. The number of halogens is 1. The predicted octanol–water partition coefficient (Wildman–Crippen LogP) is 0.961. The van der Waals surface area contributed by atoms with Crippen LogP contribution in [0.4, 0.5) is 0 Å². The molecule has 0 amide bonds. The van der Waals surface area contributed by atoms with Crippen molar-refractivity contribution in [1.82, 2.24) is 9.78 Å². The lowest BCUT2D eigenvalue weighted by molar-refractivity contribution is 0.320. The van der Waals surface area contributed by atoms with E-state index in [1.807, 2.05) is 0 Å². The number of hydrogen-bond acceptors (Lipinski definition) is 5. The van der Waals surface area contributed by atoms with Gasteiger partial charge in [0.2, 0.25) is 0 Å². The molecule has 1 aliphatic rings. The molecule has 0 spiro atoms.